The van der Waals surface area contributed by atoms with Crippen molar-refractivity contribution < 1.29 is 9.53 Å². The molecular weight excluding hydrogens is 350 g/mol. The summed E-state index contributed by atoms with van der Waals surface area (Å²) in [5, 5.41) is 3.00. The Balaban J connectivity index is 1.32. The summed E-state index contributed by atoms with van der Waals surface area (Å²) >= 11 is 0. The molecule has 1 fully saturated rings. The number of hydrogen-bond acceptors (Lipinski definition) is 4. The molecule has 2 aromatic rings. The van der Waals surface area contributed by atoms with Gasteiger partial charge in [0.15, 0.2) is 0 Å². The van der Waals surface area contributed by atoms with Gasteiger partial charge in [0, 0.05) is 45.0 Å². The number of hydrogen-bond donors (Lipinski definition) is 1. The first-order valence-electron chi connectivity index (χ1n) is 10.1. The van der Waals surface area contributed by atoms with Crippen molar-refractivity contribution >= 4 is 11.6 Å². The molecule has 0 aromatic heterocycles. The van der Waals surface area contributed by atoms with Crippen molar-refractivity contribution in [3.05, 3.63) is 65.7 Å². The maximum absolute atomic E-state index is 12.2. The number of benzene rings is 2. The Labute approximate surface area is 168 Å². The summed E-state index contributed by atoms with van der Waals surface area (Å²) in [7, 11) is 0. The van der Waals surface area contributed by atoms with Gasteiger partial charge >= 0.3 is 0 Å². The topological polar surface area (TPSA) is 44.8 Å². The molecule has 150 valence electrons. The lowest BCUT2D eigenvalue weighted by atomic mass is 10.2. The number of anilines is 1. The molecule has 5 heteroatoms. The monoisotopic (exact) mass is 381 g/mol. The standard InChI is InChI=1S/C23H31N3O2/c1-19-7-6-10-22(17-19)26-15-13-25(14-16-26)12-11-24-23(27)20(2)28-18-21-8-4-3-5-9-21/h3-10,17,20H,11-16,18H2,1-2H3,(H,24,27). The van der Waals surface area contributed by atoms with Gasteiger partial charge in [0.2, 0.25) is 5.91 Å². The van der Waals surface area contributed by atoms with Gasteiger partial charge in [0.05, 0.1) is 6.61 Å². The first-order valence-corrected chi connectivity index (χ1v) is 10.1. The average molecular weight is 382 g/mol. The van der Waals surface area contributed by atoms with Crippen LogP contribution >= 0.6 is 0 Å². The van der Waals surface area contributed by atoms with Gasteiger partial charge in [-0.3, -0.25) is 9.69 Å². The fourth-order valence-electron chi connectivity index (χ4n) is 3.41. The van der Waals surface area contributed by atoms with Gasteiger partial charge in [0.25, 0.3) is 0 Å². The second kappa shape index (κ2) is 10.2. The Hall–Kier alpha value is -2.37. The molecule has 3 rings (SSSR count). The zero-order valence-electron chi connectivity index (χ0n) is 16.9. The molecule has 0 bridgehead atoms. The summed E-state index contributed by atoms with van der Waals surface area (Å²) in [6, 6.07) is 18.6. The summed E-state index contributed by atoms with van der Waals surface area (Å²) in [6.07, 6.45) is -0.446. The lowest BCUT2D eigenvalue weighted by Crippen LogP contribution is -2.49. The van der Waals surface area contributed by atoms with Crippen LogP contribution in [-0.2, 0) is 16.1 Å². The van der Waals surface area contributed by atoms with Gasteiger partial charge in [-0.15, -0.1) is 0 Å². The van der Waals surface area contributed by atoms with Crippen molar-refractivity contribution in [3.8, 4) is 0 Å². The molecule has 0 radical (unpaired) electrons. The van der Waals surface area contributed by atoms with Crippen LogP contribution in [0, 0.1) is 6.92 Å². The Morgan fingerprint density at radius 1 is 1.07 bits per heavy atom. The zero-order chi connectivity index (χ0) is 19.8. The van der Waals surface area contributed by atoms with E-state index in [1.165, 1.54) is 11.3 Å². The molecule has 0 spiro atoms. The first kappa shape index (κ1) is 20.4. The summed E-state index contributed by atoms with van der Waals surface area (Å²) in [6.45, 7) is 10.00. The SMILES string of the molecule is Cc1cccc(N2CCN(CCNC(=O)C(C)OCc3ccccc3)CC2)c1. The molecule has 1 atom stereocenters. The number of piperazine rings is 1. The molecule has 1 N–H and O–H groups in total. The number of aryl methyl sites for hydroxylation is 1. The lowest BCUT2D eigenvalue weighted by molar-refractivity contribution is -0.132. The fourth-order valence-corrected chi connectivity index (χ4v) is 3.41. The Morgan fingerprint density at radius 2 is 1.82 bits per heavy atom. The van der Waals surface area contributed by atoms with Crippen molar-refractivity contribution in [1.29, 1.82) is 0 Å². The third-order valence-electron chi connectivity index (χ3n) is 5.18. The maximum atomic E-state index is 12.2. The Bertz CT molecular complexity index is 743. The molecule has 0 saturated carbocycles. The van der Waals surface area contributed by atoms with Gasteiger partial charge in [-0.1, -0.05) is 42.5 Å². The van der Waals surface area contributed by atoms with E-state index in [1.54, 1.807) is 6.92 Å². The highest BCUT2D eigenvalue weighted by atomic mass is 16.5. The molecule has 0 aliphatic carbocycles. The van der Waals surface area contributed by atoms with E-state index in [1.807, 2.05) is 30.3 Å². The van der Waals surface area contributed by atoms with E-state index in [4.69, 9.17) is 4.74 Å². The van der Waals surface area contributed by atoms with E-state index in [0.29, 0.717) is 13.2 Å². The molecule has 5 nitrogen and oxygen atoms in total. The zero-order valence-corrected chi connectivity index (χ0v) is 16.9. The number of rotatable bonds is 8. The van der Waals surface area contributed by atoms with Gasteiger partial charge in [-0.05, 0) is 37.1 Å². The summed E-state index contributed by atoms with van der Waals surface area (Å²) in [5.74, 6) is -0.0469. The number of carbonyl (C=O) groups excluding carboxylic acids is 1. The highest BCUT2D eigenvalue weighted by Gasteiger charge is 2.18. The smallest absolute Gasteiger partial charge is 0.248 e. The van der Waals surface area contributed by atoms with Crippen LogP contribution in [-0.4, -0.2) is 56.2 Å². The van der Waals surface area contributed by atoms with Crippen LogP contribution in [0.4, 0.5) is 5.69 Å². The summed E-state index contributed by atoms with van der Waals surface area (Å²) < 4.78 is 5.67. The third-order valence-corrected chi connectivity index (χ3v) is 5.18. The summed E-state index contributed by atoms with van der Waals surface area (Å²) in [4.78, 5) is 17.0. The van der Waals surface area contributed by atoms with Crippen molar-refractivity contribution in [2.24, 2.45) is 0 Å². The number of ether oxygens (including phenoxy) is 1. The Morgan fingerprint density at radius 3 is 2.54 bits per heavy atom. The number of amides is 1. The van der Waals surface area contributed by atoms with Crippen LogP contribution in [0.1, 0.15) is 18.1 Å². The van der Waals surface area contributed by atoms with Gasteiger partial charge in [-0.2, -0.15) is 0 Å². The minimum Gasteiger partial charge on any atom is -0.369 e. The fraction of sp³-hybridized carbons (Fsp3) is 0.435. The third kappa shape index (κ3) is 6.08. The van der Waals surface area contributed by atoms with E-state index in [-0.39, 0.29) is 5.91 Å². The molecule has 1 heterocycles. The van der Waals surface area contributed by atoms with Crippen LogP contribution in [0.5, 0.6) is 0 Å². The van der Waals surface area contributed by atoms with Gasteiger partial charge < -0.3 is 15.0 Å². The van der Waals surface area contributed by atoms with E-state index in [2.05, 4.69) is 46.3 Å². The predicted octanol–water partition coefficient (Wildman–Crippen LogP) is 2.84. The molecule has 1 unspecified atom stereocenters. The quantitative estimate of drug-likeness (QED) is 0.764. The van der Waals surface area contributed by atoms with Crippen LogP contribution in [0.3, 0.4) is 0 Å². The van der Waals surface area contributed by atoms with E-state index >= 15 is 0 Å². The number of nitrogens with one attached hydrogen (secondary N) is 1. The first-order chi connectivity index (χ1) is 13.6. The molecule has 1 aliphatic rings. The van der Waals surface area contributed by atoms with Gasteiger partial charge in [0.1, 0.15) is 6.10 Å². The van der Waals surface area contributed by atoms with Crippen molar-refractivity contribution in [1.82, 2.24) is 10.2 Å². The average Bonchev–Trinajstić information content (AvgIpc) is 2.73. The van der Waals surface area contributed by atoms with Gasteiger partial charge in [-0.25, -0.2) is 0 Å². The largest absolute Gasteiger partial charge is 0.369 e. The van der Waals surface area contributed by atoms with Crippen LogP contribution in [0.2, 0.25) is 0 Å². The normalized spacial score (nSPS) is 16.0. The van der Waals surface area contributed by atoms with E-state index in [0.717, 1.165) is 38.3 Å². The summed E-state index contributed by atoms with van der Waals surface area (Å²) in [5.41, 5.74) is 3.68. The van der Waals surface area contributed by atoms with Crippen molar-refractivity contribution in [2.45, 2.75) is 26.6 Å². The molecular formula is C23H31N3O2. The number of nitrogens with zero attached hydrogens (tertiary/aromatic N) is 2. The molecule has 1 amide bonds. The van der Waals surface area contributed by atoms with Crippen LogP contribution in [0.25, 0.3) is 0 Å². The predicted molar refractivity (Wildman–Crippen MR) is 114 cm³/mol. The van der Waals surface area contributed by atoms with E-state index in [9.17, 15) is 4.79 Å². The van der Waals surface area contributed by atoms with E-state index < -0.39 is 6.10 Å². The second-order valence-corrected chi connectivity index (χ2v) is 7.40. The minimum atomic E-state index is -0.446. The highest BCUT2D eigenvalue weighted by Crippen LogP contribution is 2.17. The molecule has 2 aromatic carbocycles. The van der Waals surface area contributed by atoms with Crippen LogP contribution in [0.15, 0.2) is 54.6 Å². The highest BCUT2D eigenvalue weighted by molar-refractivity contribution is 5.80. The molecule has 28 heavy (non-hydrogen) atoms. The molecule has 1 aliphatic heterocycles. The second-order valence-electron chi connectivity index (χ2n) is 7.40. The maximum Gasteiger partial charge on any atom is 0.248 e. The molecule has 1 saturated heterocycles. The van der Waals surface area contributed by atoms with Crippen molar-refractivity contribution in [3.63, 3.8) is 0 Å². The minimum absolute atomic E-state index is 0.0469. The Kier molecular flexibility index (Phi) is 7.46. The van der Waals surface area contributed by atoms with Crippen molar-refractivity contribution in [2.75, 3.05) is 44.2 Å². The lowest BCUT2D eigenvalue weighted by Gasteiger charge is -2.36. The van der Waals surface area contributed by atoms with Crippen LogP contribution < -0.4 is 10.2 Å². The number of carbonyl (C=O) groups is 1.